The van der Waals surface area contributed by atoms with Gasteiger partial charge in [-0.05, 0) is 66.9 Å². The van der Waals surface area contributed by atoms with E-state index in [0.29, 0.717) is 18.7 Å². The van der Waals surface area contributed by atoms with Gasteiger partial charge in [0.1, 0.15) is 24.2 Å². The molecule has 0 aliphatic rings. The minimum absolute atomic E-state index is 0.0851. The molecule has 3 aromatic carbocycles. The van der Waals surface area contributed by atoms with Crippen LogP contribution in [0.3, 0.4) is 0 Å². The fraction of sp³-hybridized carbons (Fsp3) is 0.333. The Morgan fingerprint density at radius 3 is 2.17 bits per heavy atom. The molecule has 0 heterocycles. The summed E-state index contributed by atoms with van der Waals surface area (Å²) in [4.78, 5) is 28.4. The highest BCUT2D eigenvalue weighted by Crippen LogP contribution is 2.25. The van der Waals surface area contributed by atoms with Gasteiger partial charge in [-0.2, -0.15) is 0 Å². The molecule has 0 saturated heterocycles. The molecule has 0 unspecified atom stereocenters. The van der Waals surface area contributed by atoms with E-state index < -0.39 is 34.3 Å². The van der Waals surface area contributed by atoms with Gasteiger partial charge in [-0.1, -0.05) is 50.6 Å². The van der Waals surface area contributed by atoms with Crippen LogP contribution in [-0.2, 0) is 26.2 Å². The summed E-state index contributed by atoms with van der Waals surface area (Å²) >= 11 is 0. The third-order valence-electron chi connectivity index (χ3n) is 6.45. The predicted octanol–water partition coefficient (Wildman–Crippen LogP) is 4.75. The molecule has 0 aliphatic carbocycles. The van der Waals surface area contributed by atoms with Gasteiger partial charge in [-0.25, -0.2) is 12.8 Å². The molecule has 0 spiro atoms. The highest BCUT2D eigenvalue weighted by atomic mass is 32.2. The lowest BCUT2D eigenvalue weighted by molar-refractivity contribution is -0.140. The molecule has 2 amide bonds. The number of carbonyl (C=O) groups excluding carboxylic acids is 2. The van der Waals surface area contributed by atoms with E-state index in [1.54, 1.807) is 61.7 Å². The van der Waals surface area contributed by atoms with E-state index in [1.165, 1.54) is 4.90 Å². The van der Waals surface area contributed by atoms with E-state index in [1.807, 2.05) is 13.8 Å². The maximum atomic E-state index is 14.0. The number of benzene rings is 3. The van der Waals surface area contributed by atoms with Crippen LogP contribution in [0.5, 0.6) is 5.75 Å². The molecule has 0 aliphatic heterocycles. The summed E-state index contributed by atoms with van der Waals surface area (Å²) in [5.41, 5.74) is 1.02. The molecule has 3 aromatic rings. The third kappa shape index (κ3) is 7.81. The van der Waals surface area contributed by atoms with Crippen LogP contribution in [0.4, 0.5) is 10.1 Å². The number of anilines is 1. The second-order valence-electron chi connectivity index (χ2n) is 9.24. The molecule has 0 bridgehead atoms. The van der Waals surface area contributed by atoms with Crippen LogP contribution >= 0.6 is 0 Å². The number of sulfonamides is 1. The van der Waals surface area contributed by atoms with E-state index in [0.717, 1.165) is 47.0 Å². The first kappa shape index (κ1) is 30.6. The second kappa shape index (κ2) is 14.5. The normalized spacial score (nSPS) is 11.9. The Kier molecular flexibility index (Phi) is 11.1. The van der Waals surface area contributed by atoms with Crippen molar-refractivity contribution in [3.8, 4) is 5.75 Å². The van der Waals surface area contributed by atoms with Crippen molar-refractivity contribution >= 4 is 27.5 Å². The molecule has 0 aromatic heterocycles. The summed E-state index contributed by atoms with van der Waals surface area (Å²) in [6, 6.07) is 19.0. The minimum Gasteiger partial charge on any atom is -0.497 e. The molecule has 1 N–H and O–H groups in total. The molecule has 1 atom stereocenters. The SMILES string of the molecule is CCCCNC(=O)[C@@H](CC)N(Cc1ccc(OC)cc1)C(=O)CN(c1ccccc1)S(=O)(=O)c1ccc(F)cc1. The lowest BCUT2D eigenvalue weighted by Crippen LogP contribution is -2.52. The third-order valence-corrected chi connectivity index (χ3v) is 8.24. The number of hydrogen-bond acceptors (Lipinski definition) is 5. The molecule has 0 fully saturated rings. The highest BCUT2D eigenvalue weighted by molar-refractivity contribution is 7.92. The Labute approximate surface area is 235 Å². The van der Waals surface area contributed by atoms with Crippen molar-refractivity contribution in [2.45, 2.75) is 50.6 Å². The van der Waals surface area contributed by atoms with E-state index in [4.69, 9.17) is 4.74 Å². The van der Waals surface area contributed by atoms with Crippen LogP contribution in [0.2, 0.25) is 0 Å². The van der Waals surface area contributed by atoms with Crippen LogP contribution < -0.4 is 14.4 Å². The van der Waals surface area contributed by atoms with Crippen LogP contribution in [0.25, 0.3) is 0 Å². The predicted molar refractivity (Wildman–Crippen MR) is 153 cm³/mol. The quantitative estimate of drug-likeness (QED) is 0.283. The van der Waals surface area contributed by atoms with Crippen molar-refractivity contribution in [2.24, 2.45) is 0 Å². The molecule has 3 rings (SSSR count). The van der Waals surface area contributed by atoms with Crippen molar-refractivity contribution in [1.82, 2.24) is 10.2 Å². The van der Waals surface area contributed by atoms with E-state index in [-0.39, 0.29) is 23.0 Å². The molecular formula is C30H36FN3O5S. The summed E-state index contributed by atoms with van der Waals surface area (Å²) in [6.45, 7) is 3.83. The average Bonchev–Trinajstić information content (AvgIpc) is 2.96. The van der Waals surface area contributed by atoms with Gasteiger partial charge in [0.2, 0.25) is 11.8 Å². The largest absolute Gasteiger partial charge is 0.497 e. The molecule has 214 valence electrons. The summed E-state index contributed by atoms with van der Waals surface area (Å²) in [6.07, 6.45) is 2.03. The zero-order chi connectivity index (χ0) is 29.1. The topological polar surface area (TPSA) is 96.0 Å². The molecule has 10 heteroatoms. The maximum Gasteiger partial charge on any atom is 0.264 e. The fourth-order valence-electron chi connectivity index (χ4n) is 4.21. The van der Waals surface area contributed by atoms with Crippen molar-refractivity contribution in [3.63, 3.8) is 0 Å². The Morgan fingerprint density at radius 2 is 1.60 bits per heavy atom. The monoisotopic (exact) mass is 569 g/mol. The number of halogens is 1. The first-order valence-electron chi connectivity index (χ1n) is 13.2. The van der Waals surface area contributed by atoms with E-state index in [9.17, 15) is 22.4 Å². The number of amides is 2. The van der Waals surface area contributed by atoms with Gasteiger partial charge in [0.25, 0.3) is 10.0 Å². The Morgan fingerprint density at radius 1 is 0.950 bits per heavy atom. The Hall–Kier alpha value is -3.92. The highest BCUT2D eigenvalue weighted by Gasteiger charge is 2.33. The summed E-state index contributed by atoms with van der Waals surface area (Å²) in [5.74, 6) is -0.785. The second-order valence-corrected chi connectivity index (χ2v) is 11.1. The van der Waals surface area contributed by atoms with Gasteiger partial charge in [0.15, 0.2) is 0 Å². The van der Waals surface area contributed by atoms with Crippen molar-refractivity contribution in [3.05, 3.63) is 90.2 Å². The molecule has 0 radical (unpaired) electrons. The maximum absolute atomic E-state index is 14.0. The number of nitrogens with zero attached hydrogens (tertiary/aromatic N) is 2. The van der Waals surface area contributed by atoms with E-state index >= 15 is 0 Å². The fourth-order valence-corrected chi connectivity index (χ4v) is 5.62. The number of rotatable bonds is 14. The average molecular weight is 570 g/mol. The lowest BCUT2D eigenvalue weighted by atomic mass is 10.1. The number of ether oxygens (including phenoxy) is 1. The van der Waals surface area contributed by atoms with Gasteiger partial charge < -0.3 is 15.0 Å². The van der Waals surface area contributed by atoms with Crippen LogP contribution in [0, 0.1) is 5.82 Å². The van der Waals surface area contributed by atoms with Crippen molar-refractivity contribution in [1.29, 1.82) is 0 Å². The van der Waals surface area contributed by atoms with Crippen molar-refractivity contribution < 1.29 is 27.1 Å². The number of unbranched alkanes of at least 4 members (excludes halogenated alkanes) is 1. The molecule has 40 heavy (non-hydrogen) atoms. The first-order chi connectivity index (χ1) is 19.2. The molecule has 8 nitrogen and oxygen atoms in total. The zero-order valence-electron chi connectivity index (χ0n) is 23.0. The standard InChI is InChI=1S/C30H36FN3O5S/c1-4-6-20-32-30(36)28(5-2)33(21-23-12-16-26(39-3)17-13-23)29(35)22-34(25-10-8-7-9-11-25)40(37,38)27-18-14-24(31)15-19-27/h7-19,28H,4-6,20-22H2,1-3H3,(H,32,36)/t28-/m1/s1. The van der Waals surface area contributed by atoms with Gasteiger partial charge in [0, 0.05) is 13.1 Å². The molecular weight excluding hydrogens is 533 g/mol. The van der Waals surface area contributed by atoms with Gasteiger partial charge >= 0.3 is 0 Å². The van der Waals surface area contributed by atoms with Crippen LogP contribution in [0.15, 0.2) is 83.8 Å². The number of nitrogens with one attached hydrogen (secondary N) is 1. The van der Waals surface area contributed by atoms with Gasteiger partial charge in [-0.3, -0.25) is 13.9 Å². The number of hydrogen-bond donors (Lipinski definition) is 1. The smallest absolute Gasteiger partial charge is 0.264 e. The summed E-state index contributed by atoms with van der Waals surface area (Å²) in [7, 11) is -2.70. The van der Waals surface area contributed by atoms with Crippen LogP contribution in [0.1, 0.15) is 38.7 Å². The Bertz CT molecular complexity index is 1350. The van der Waals surface area contributed by atoms with Crippen molar-refractivity contribution in [2.75, 3.05) is 24.5 Å². The Balaban J connectivity index is 2.00. The zero-order valence-corrected chi connectivity index (χ0v) is 23.9. The van der Waals surface area contributed by atoms with Gasteiger partial charge in [0.05, 0.1) is 17.7 Å². The van der Waals surface area contributed by atoms with Crippen LogP contribution in [-0.4, -0.2) is 51.4 Å². The number of para-hydroxylation sites is 1. The summed E-state index contributed by atoms with van der Waals surface area (Å²) < 4.78 is 47.2. The van der Waals surface area contributed by atoms with E-state index in [2.05, 4.69) is 5.32 Å². The number of methoxy groups -OCH3 is 1. The first-order valence-corrected chi connectivity index (χ1v) is 14.7. The number of carbonyl (C=O) groups is 2. The lowest BCUT2D eigenvalue weighted by Gasteiger charge is -2.33. The van der Waals surface area contributed by atoms with Gasteiger partial charge in [-0.15, -0.1) is 0 Å². The minimum atomic E-state index is -4.25. The summed E-state index contributed by atoms with van der Waals surface area (Å²) in [5, 5.41) is 2.90. The molecule has 0 saturated carbocycles.